The Hall–Kier alpha value is -2.18. The molecular formula is C14H19N5O2. The largest absolute Gasteiger partial charge is 0.476 e. The predicted octanol–water partition coefficient (Wildman–Crippen LogP) is 1.96. The molecule has 2 aromatic heterocycles. The van der Waals surface area contributed by atoms with Crippen molar-refractivity contribution in [2.24, 2.45) is 13.0 Å². The molecule has 7 nitrogen and oxygen atoms in total. The molecule has 1 aliphatic rings. The van der Waals surface area contributed by atoms with Crippen LogP contribution in [-0.4, -0.2) is 35.9 Å². The molecule has 1 saturated carbocycles. The summed E-state index contributed by atoms with van der Waals surface area (Å²) < 4.78 is 3.38. The van der Waals surface area contributed by atoms with Crippen LogP contribution in [0.25, 0.3) is 11.3 Å². The van der Waals surface area contributed by atoms with E-state index in [-0.39, 0.29) is 5.69 Å². The van der Waals surface area contributed by atoms with Crippen molar-refractivity contribution in [1.29, 1.82) is 0 Å². The topological polar surface area (TPSA) is 85.8 Å². The molecule has 2 heterocycles. The Morgan fingerprint density at radius 1 is 1.38 bits per heavy atom. The molecule has 0 atom stereocenters. The molecule has 0 spiro atoms. The summed E-state index contributed by atoms with van der Waals surface area (Å²) in [6.45, 7) is 0.727. The first-order chi connectivity index (χ1) is 10.1. The van der Waals surface area contributed by atoms with E-state index in [1.54, 1.807) is 28.8 Å². The highest BCUT2D eigenvalue weighted by molar-refractivity contribution is 5.92. The molecule has 112 valence electrons. The van der Waals surface area contributed by atoms with Gasteiger partial charge in [0, 0.05) is 25.4 Å². The smallest absolute Gasteiger partial charge is 0.358 e. The Kier molecular flexibility index (Phi) is 3.72. The maximum absolute atomic E-state index is 11.4. The normalized spacial score (nSPS) is 16.2. The van der Waals surface area contributed by atoms with Crippen molar-refractivity contribution in [3.05, 3.63) is 18.1 Å². The molecule has 1 aliphatic carbocycles. The van der Waals surface area contributed by atoms with Crippen LogP contribution >= 0.6 is 0 Å². The minimum Gasteiger partial charge on any atom is -0.476 e. The first-order valence-corrected chi connectivity index (χ1v) is 7.31. The summed E-state index contributed by atoms with van der Waals surface area (Å²) in [4.78, 5) is 11.4. The van der Waals surface area contributed by atoms with Gasteiger partial charge in [-0.15, -0.1) is 5.10 Å². The van der Waals surface area contributed by atoms with Crippen LogP contribution in [0.5, 0.6) is 0 Å². The van der Waals surface area contributed by atoms with Crippen molar-refractivity contribution < 1.29 is 9.90 Å². The van der Waals surface area contributed by atoms with Crippen molar-refractivity contribution in [2.75, 3.05) is 0 Å². The number of aromatic nitrogens is 5. The molecule has 0 amide bonds. The van der Waals surface area contributed by atoms with Gasteiger partial charge in [0.1, 0.15) is 5.69 Å². The summed E-state index contributed by atoms with van der Waals surface area (Å²) in [7, 11) is 1.80. The number of hydrogen-bond donors (Lipinski definition) is 1. The van der Waals surface area contributed by atoms with Gasteiger partial charge < -0.3 is 5.11 Å². The minimum absolute atomic E-state index is 0.00110. The number of carboxylic acid groups (broad SMARTS) is 1. The van der Waals surface area contributed by atoms with Gasteiger partial charge in [-0.1, -0.05) is 24.5 Å². The molecule has 21 heavy (non-hydrogen) atoms. The molecule has 0 radical (unpaired) electrons. The second-order valence-corrected chi connectivity index (χ2v) is 5.68. The highest BCUT2D eigenvalue weighted by Gasteiger charge is 2.24. The lowest BCUT2D eigenvalue weighted by Crippen LogP contribution is -2.16. The molecule has 0 bridgehead atoms. The fourth-order valence-electron chi connectivity index (χ4n) is 3.03. The van der Waals surface area contributed by atoms with E-state index < -0.39 is 5.97 Å². The zero-order chi connectivity index (χ0) is 14.8. The highest BCUT2D eigenvalue weighted by atomic mass is 16.4. The van der Waals surface area contributed by atoms with E-state index in [0.29, 0.717) is 11.6 Å². The standard InChI is InChI=1S/C14H19N5O2/c1-18-9-11(7-15-18)13-12(14(20)21)16-17-19(13)8-10-5-3-2-4-6-10/h7,9-10H,2-6,8H2,1H3,(H,20,21). The van der Waals surface area contributed by atoms with Crippen LogP contribution in [0.1, 0.15) is 42.6 Å². The minimum atomic E-state index is -1.05. The summed E-state index contributed by atoms with van der Waals surface area (Å²) in [5.41, 5.74) is 1.30. The van der Waals surface area contributed by atoms with E-state index in [1.807, 2.05) is 0 Å². The number of carboxylic acids is 1. The summed E-state index contributed by atoms with van der Waals surface area (Å²) in [6, 6.07) is 0. The fraction of sp³-hybridized carbons (Fsp3) is 0.571. The van der Waals surface area contributed by atoms with Crippen LogP contribution in [0.15, 0.2) is 12.4 Å². The fourth-order valence-corrected chi connectivity index (χ4v) is 3.03. The van der Waals surface area contributed by atoms with Crippen LogP contribution in [0, 0.1) is 5.92 Å². The summed E-state index contributed by atoms with van der Waals surface area (Å²) >= 11 is 0. The van der Waals surface area contributed by atoms with Gasteiger partial charge in [0.05, 0.1) is 6.20 Å². The molecule has 0 unspecified atom stereocenters. The van der Waals surface area contributed by atoms with E-state index in [1.165, 1.54) is 32.1 Å². The van der Waals surface area contributed by atoms with Crippen LogP contribution in [0.4, 0.5) is 0 Å². The Morgan fingerprint density at radius 2 is 2.14 bits per heavy atom. The Labute approximate surface area is 122 Å². The van der Waals surface area contributed by atoms with Crippen molar-refractivity contribution in [3.8, 4) is 11.3 Å². The molecule has 0 saturated heterocycles. The SMILES string of the molecule is Cn1cc(-c2c(C(=O)O)nnn2CC2CCCCC2)cn1. The monoisotopic (exact) mass is 289 g/mol. The average Bonchev–Trinajstić information content (AvgIpc) is 3.06. The van der Waals surface area contributed by atoms with Gasteiger partial charge in [0.2, 0.25) is 0 Å². The van der Waals surface area contributed by atoms with Crippen LogP contribution in [0.2, 0.25) is 0 Å². The number of hydrogen-bond acceptors (Lipinski definition) is 4. The third-order valence-electron chi connectivity index (χ3n) is 4.07. The molecule has 2 aromatic rings. The molecular weight excluding hydrogens is 270 g/mol. The van der Waals surface area contributed by atoms with Gasteiger partial charge in [-0.25, -0.2) is 9.48 Å². The Balaban J connectivity index is 1.94. The van der Waals surface area contributed by atoms with Crippen LogP contribution < -0.4 is 0 Å². The third-order valence-corrected chi connectivity index (χ3v) is 4.07. The first-order valence-electron chi connectivity index (χ1n) is 7.31. The lowest BCUT2D eigenvalue weighted by molar-refractivity contribution is 0.0691. The van der Waals surface area contributed by atoms with E-state index in [0.717, 1.165) is 12.1 Å². The number of nitrogens with zero attached hydrogens (tertiary/aromatic N) is 5. The summed E-state index contributed by atoms with van der Waals surface area (Å²) in [5, 5.41) is 21.3. The number of aryl methyl sites for hydroxylation is 1. The quantitative estimate of drug-likeness (QED) is 0.929. The van der Waals surface area contributed by atoms with Crippen LogP contribution in [-0.2, 0) is 13.6 Å². The number of rotatable bonds is 4. The number of aromatic carboxylic acids is 1. The van der Waals surface area contributed by atoms with Crippen molar-refractivity contribution >= 4 is 5.97 Å². The predicted molar refractivity (Wildman–Crippen MR) is 75.8 cm³/mol. The van der Waals surface area contributed by atoms with Gasteiger partial charge >= 0.3 is 5.97 Å². The molecule has 1 N–H and O–H groups in total. The van der Waals surface area contributed by atoms with Gasteiger partial charge in [0.15, 0.2) is 5.69 Å². The van der Waals surface area contributed by atoms with Crippen LogP contribution in [0.3, 0.4) is 0 Å². The lowest BCUT2D eigenvalue weighted by Gasteiger charge is -2.21. The van der Waals surface area contributed by atoms with E-state index >= 15 is 0 Å². The molecule has 0 aromatic carbocycles. The second-order valence-electron chi connectivity index (χ2n) is 5.68. The molecule has 3 rings (SSSR count). The lowest BCUT2D eigenvalue weighted by atomic mass is 9.89. The Morgan fingerprint density at radius 3 is 2.76 bits per heavy atom. The van der Waals surface area contributed by atoms with Gasteiger partial charge in [-0.05, 0) is 18.8 Å². The molecule has 7 heteroatoms. The van der Waals surface area contributed by atoms with Gasteiger partial charge in [-0.3, -0.25) is 4.68 Å². The molecule has 1 fully saturated rings. The van der Waals surface area contributed by atoms with Crippen molar-refractivity contribution in [1.82, 2.24) is 24.8 Å². The van der Waals surface area contributed by atoms with Gasteiger partial charge in [-0.2, -0.15) is 5.10 Å². The zero-order valence-electron chi connectivity index (χ0n) is 12.1. The van der Waals surface area contributed by atoms with E-state index in [9.17, 15) is 9.90 Å². The third kappa shape index (κ3) is 2.81. The second kappa shape index (κ2) is 5.67. The van der Waals surface area contributed by atoms with E-state index in [2.05, 4.69) is 15.4 Å². The average molecular weight is 289 g/mol. The number of carbonyl (C=O) groups is 1. The van der Waals surface area contributed by atoms with E-state index in [4.69, 9.17) is 0 Å². The maximum atomic E-state index is 11.4. The molecule has 0 aliphatic heterocycles. The highest BCUT2D eigenvalue weighted by Crippen LogP contribution is 2.28. The van der Waals surface area contributed by atoms with Gasteiger partial charge in [0.25, 0.3) is 0 Å². The first kappa shape index (κ1) is 13.8. The van der Waals surface area contributed by atoms with Crippen molar-refractivity contribution in [3.63, 3.8) is 0 Å². The Bertz CT molecular complexity index is 640. The van der Waals surface area contributed by atoms with Crippen molar-refractivity contribution in [2.45, 2.75) is 38.6 Å². The summed E-state index contributed by atoms with van der Waals surface area (Å²) in [6.07, 6.45) is 9.58. The maximum Gasteiger partial charge on any atom is 0.358 e. The zero-order valence-corrected chi connectivity index (χ0v) is 12.1. The summed E-state index contributed by atoms with van der Waals surface area (Å²) in [5.74, 6) is -0.499.